The Morgan fingerprint density at radius 1 is 1.32 bits per heavy atom. The molecule has 3 rings (SSSR count). The lowest BCUT2D eigenvalue weighted by atomic mass is 10.1. The molecule has 0 bridgehead atoms. The second-order valence-corrected chi connectivity index (χ2v) is 6.10. The Morgan fingerprint density at radius 3 is 2.91 bits per heavy atom. The summed E-state index contributed by atoms with van der Waals surface area (Å²) in [5.74, 6) is 1.22. The second kappa shape index (κ2) is 7.36. The number of para-hydroxylation sites is 1. The molecule has 1 aromatic carbocycles. The van der Waals surface area contributed by atoms with Crippen LogP contribution in [0.25, 0.3) is 0 Å². The number of benzene rings is 1. The van der Waals surface area contributed by atoms with Gasteiger partial charge in [0, 0.05) is 37.4 Å². The summed E-state index contributed by atoms with van der Waals surface area (Å²) in [6, 6.07) is 11.4. The highest BCUT2D eigenvalue weighted by Crippen LogP contribution is 2.17. The lowest BCUT2D eigenvalue weighted by Crippen LogP contribution is -2.50. The minimum absolute atomic E-state index is 0.404. The van der Waals surface area contributed by atoms with Gasteiger partial charge in [-0.05, 0) is 44.2 Å². The highest BCUT2D eigenvalue weighted by Gasteiger charge is 2.19. The van der Waals surface area contributed by atoms with Crippen molar-refractivity contribution < 1.29 is 0 Å². The van der Waals surface area contributed by atoms with Crippen molar-refractivity contribution in [2.45, 2.75) is 31.8 Å². The van der Waals surface area contributed by atoms with E-state index in [2.05, 4.69) is 76.5 Å². The van der Waals surface area contributed by atoms with E-state index < -0.39 is 0 Å². The Balaban J connectivity index is 1.77. The summed E-state index contributed by atoms with van der Waals surface area (Å²) >= 11 is 0. The molecule has 2 aliphatic heterocycles. The van der Waals surface area contributed by atoms with Gasteiger partial charge >= 0.3 is 0 Å². The molecule has 1 unspecified atom stereocenters. The summed E-state index contributed by atoms with van der Waals surface area (Å²) in [6.07, 6.45) is 8.91. The van der Waals surface area contributed by atoms with Crippen LogP contribution in [0.15, 0.2) is 54.5 Å². The summed E-state index contributed by atoms with van der Waals surface area (Å²) in [7, 11) is 0. The Bertz CT molecular complexity index is 523. The summed E-state index contributed by atoms with van der Waals surface area (Å²) in [5, 5.41) is 10.6. The quantitative estimate of drug-likeness (QED) is 0.799. The Kier molecular flexibility index (Phi) is 5.01. The van der Waals surface area contributed by atoms with Gasteiger partial charge in [-0.15, -0.1) is 0 Å². The normalized spacial score (nSPS) is 25.7. The lowest BCUT2D eigenvalue weighted by molar-refractivity contribution is 0.256. The van der Waals surface area contributed by atoms with Crippen molar-refractivity contribution >= 4 is 5.69 Å². The van der Waals surface area contributed by atoms with Crippen LogP contribution < -0.4 is 16.0 Å². The van der Waals surface area contributed by atoms with Crippen LogP contribution in [0.3, 0.4) is 0 Å². The van der Waals surface area contributed by atoms with Crippen LogP contribution in [0.2, 0.25) is 0 Å². The van der Waals surface area contributed by atoms with Gasteiger partial charge in [0.05, 0.1) is 0 Å². The van der Waals surface area contributed by atoms with E-state index in [0.29, 0.717) is 12.1 Å². The summed E-state index contributed by atoms with van der Waals surface area (Å²) in [4.78, 5) is 2.45. The molecule has 1 fully saturated rings. The van der Waals surface area contributed by atoms with E-state index in [9.17, 15) is 0 Å². The van der Waals surface area contributed by atoms with Gasteiger partial charge in [-0.2, -0.15) is 0 Å². The third kappa shape index (κ3) is 4.04. The van der Waals surface area contributed by atoms with Crippen LogP contribution in [0.5, 0.6) is 0 Å². The fourth-order valence-electron chi connectivity index (χ4n) is 3.00. The molecule has 4 nitrogen and oxygen atoms in total. The standard InChI is InChI=1S/C18H26N4/c1-15-14-22(12-11-19-15)18(13-17-9-5-6-10-20-17)21-16-7-3-2-4-8-16/h2-4,6-8,10,13,15,17,19-21H,5,9,11-12,14H2,1H3/b18-13-/t15-,17?/m0/s1. The average Bonchev–Trinajstić information content (AvgIpc) is 2.56. The number of hydrogen-bond acceptors (Lipinski definition) is 4. The number of piperazine rings is 1. The smallest absolute Gasteiger partial charge is 0.104 e. The monoisotopic (exact) mass is 298 g/mol. The van der Waals surface area contributed by atoms with E-state index in [1.165, 1.54) is 5.82 Å². The number of nitrogens with one attached hydrogen (secondary N) is 3. The van der Waals surface area contributed by atoms with E-state index in [1.54, 1.807) is 0 Å². The number of hydrogen-bond donors (Lipinski definition) is 3. The van der Waals surface area contributed by atoms with Gasteiger partial charge in [0.25, 0.3) is 0 Å². The topological polar surface area (TPSA) is 39.3 Å². The molecule has 0 aliphatic carbocycles. The third-order valence-corrected chi connectivity index (χ3v) is 4.19. The second-order valence-electron chi connectivity index (χ2n) is 6.10. The first-order valence-electron chi connectivity index (χ1n) is 8.24. The van der Waals surface area contributed by atoms with Gasteiger partial charge in [-0.3, -0.25) is 0 Å². The molecule has 118 valence electrons. The molecule has 4 heteroatoms. The molecule has 1 aromatic rings. The molecular formula is C18H26N4. The first kappa shape index (κ1) is 15.0. The van der Waals surface area contributed by atoms with Gasteiger partial charge in [0.15, 0.2) is 0 Å². The zero-order chi connectivity index (χ0) is 15.2. The highest BCUT2D eigenvalue weighted by molar-refractivity contribution is 5.47. The molecule has 0 saturated carbocycles. The number of nitrogens with zero attached hydrogens (tertiary/aromatic N) is 1. The van der Waals surface area contributed by atoms with Crippen LogP contribution >= 0.6 is 0 Å². The van der Waals surface area contributed by atoms with Crippen molar-refractivity contribution in [3.05, 3.63) is 54.5 Å². The highest BCUT2D eigenvalue weighted by atomic mass is 15.3. The van der Waals surface area contributed by atoms with Crippen molar-refractivity contribution in [2.75, 3.05) is 25.0 Å². The predicted octanol–water partition coefficient (Wildman–Crippen LogP) is 2.50. The zero-order valence-electron chi connectivity index (χ0n) is 13.3. The molecule has 1 saturated heterocycles. The van der Waals surface area contributed by atoms with Gasteiger partial charge in [-0.1, -0.05) is 24.3 Å². The van der Waals surface area contributed by atoms with Crippen molar-refractivity contribution in [3.63, 3.8) is 0 Å². The summed E-state index contributed by atoms with van der Waals surface area (Å²) in [5.41, 5.74) is 1.14. The summed E-state index contributed by atoms with van der Waals surface area (Å²) in [6.45, 7) is 5.35. The molecule has 2 atom stereocenters. The van der Waals surface area contributed by atoms with E-state index in [-0.39, 0.29) is 0 Å². The lowest BCUT2D eigenvalue weighted by Gasteiger charge is -2.36. The van der Waals surface area contributed by atoms with Crippen molar-refractivity contribution in [1.29, 1.82) is 0 Å². The minimum Gasteiger partial charge on any atom is -0.385 e. The van der Waals surface area contributed by atoms with E-state index in [4.69, 9.17) is 0 Å². The molecular weight excluding hydrogens is 272 g/mol. The molecule has 3 N–H and O–H groups in total. The largest absolute Gasteiger partial charge is 0.385 e. The first-order chi connectivity index (χ1) is 10.8. The molecule has 2 heterocycles. The van der Waals surface area contributed by atoms with Crippen molar-refractivity contribution in [3.8, 4) is 0 Å². The molecule has 0 amide bonds. The fraction of sp³-hybridized carbons (Fsp3) is 0.444. The van der Waals surface area contributed by atoms with E-state index >= 15 is 0 Å². The zero-order valence-corrected chi connectivity index (χ0v) is 13.3. The maximum Gasteiger partial charge on any atom is 0.104 e. The molecule has 22 heavy (non-hydrogen) atoms. The van der Waals surface area contributed by atoms with Crippen LogP contribution in [0.1, 0.15) is 19.8 Å². The Labute approximate surface area is 133 Å². The average molecular weight is 298 g/mol. The molecule has 0 spiro atoms. The van der Waals surface area contributed by atoms with Crippen LogP contribution in [-0.4, -0.2) is 36.6 Å². The molecule has 0 aromatic heterocycles. The van der Waals surface area contributed by atoms with Gasteiger partial charge in [-0.25, -0.2) is 0 Å². The van der Waals surface area contributed by atoms with Gasteiger partial charge in [0.2, 0.25) is 0 Å². The number of allylic oxidation sites excluding steroid dienone is 1. The van der Waals surface area contributed by atoms with Gasteiger partial charge in [0.1, 0.15) is 5.82 Å². The predicted molar refractivity (Wildman–Crippen MR) is 92.5 cm³/mol. The van der Waals surface area contributed by atoms with E-state index in [0.717, 1.165) is 38.2 Å². The molecule has 0 radical (unpaired) electrons. The fourth-order valence-corrected chi connectivity index (χ4v) is 3.00. The van der Waals surface area contributed by atoms with Crippen LogP contribution in [-0.2, 0) is 0 Å². The number of anilines is 1. The Hall–Kier alpha value is -1.94. The summed E-state index contributed by atoms with van der Waals surface area (Å²) < 4.78 is 0. The third-order valence-electron chi connectivity index (χ3n) is 4.19. The maximum absolute atomic E-state index is 3.61. The first-order valence-corrected chi connectivity index (χ1v) is 8.24. The van der Waals surface area contributed by atoms with Crippen LogP contribution in [0, 0.1) is 0 Å². The Morgan fingerprint density at radius 2 is 2.18 bits per heavy atom. The van der Waals surface area contributed by atoms with E-state index in [1.807, 2.05) is 0 Å². The molecule has 2 aliphatic rings. The van der Waals surface area contributed by atoms with Crippen molar-refractivity contribution in [1.82, 2.24) is 15.5 Å². The minimum atomic E-state index is 0.404. The maximum atomic E-state index is 3.61. The number of rotatable bonds is 4. The van der Waals surface area contributed by atoms with Crippen molar-refractivity contribution in [2.24, 2.45) is 0 Å². The van der Waals surface area contributed by atoms with Gasteiger partial charge < -0.3 is 20.9 Å². The van der Waals surface area contributed by atoms with Crippen LogP contribution in [0.4, 0.5) is 5.69 Å². The SMILES string of the molecule is C[C@H]1CN(/C(=C\C2CCC=CN2)Nc2ccccc2)CCN1.